The SMILES string of the molecule is CCOC(=O)C1=C(c2ccccc2)N=c2s/c(=C\c3ccc(Sc4nc(-c5ccccc5)cc(C(F)(F)F)n4)o3)c(=O)n2[C@H]1c1cc(Br)ccc1OC. The minimum Gasteiger partial charge on any atom is -0.496 e. The molecule has 268 valence electrons. The largest absolute Gasteiger partial charge is 0.496 e. The van der Waals surface area contributed by atoms with Crippen LogP contribution in [-0.2, 0) is 15.7 Å². The number of alkyl halides is 3. The van der Waals surface area contributed by atoms with Gasteiger partial charge in [0.2, 0.25) is 0 Å². The number of rotatable bonds is 9. The maximum Gasteiger partial charge on any atom is 0.433 e. The van der Waals surface area contributed by atoms with Crippen molar-refractivity contribution in [2.24, 2.45) is 4.99 Å². The Bertz CT molecular complexity index is 2550. The number of nitrogens with zero attached hydrogens (tertiary/aromatic N) is 4. The number of halogens is 4. The highest BCUT2D eigenvalue weighted by Gasteiger charge is 2.37. The lowest BCUT2D eigenvalue weighted by atomic mass is 9.92. The Balaban J connectivity index is 1.34. The van der Waals surface area contributed by atoms with Crippen molar-refractivity contribution in [3.63, 3.8) is 0 Å². The van der Waals surface area contributed by atoms with E-state index in [0.29, 0.717) is 37.4 Å². The summed E-state index contributed by atoms with van der Waals surface area (Å²) in [6.45, 7) is 1.79. The standard InChI is InChI=1S/C38H26BrF3N4O5S2/c1-3-50-35(48)31-32(22-12-8-5-9-13-22)45-37-46(33(31)25-18-23(39)14-16-27(25)49-2)34(47)28(52-37)19-24-15-17-30(51-24)53-36-43-26(21-10-6-4-7-11-21)20-29(44-36)38(40,41)42/h4-20,33H,3H2,1-2H3/b28-19-/t33-/m0/s1. The molecule has 53 heavy (non-hydrogen) atoms. The fourth-order valence-electron chi connectivity index (χ4n) is 5.71. The Morgan fingerprint density at radius 3 is 2.40 bits per heavy atom. The van der Waals surface area contributed by atoms with Gasteiger partial charge in [-0.15, -0.1) is 0 Å². The van der Waals surface area contributed by atoms with Crippen LogP contribution in [0.1, 0.15) is 35.5 Å². The molecule has 15 heteroatoms. The van der Waals surface area contributed by atoms with Crippen LogP contribution in [0.5, 0.6) is 5.75 Å². The molecular weight excluding hydrogens is 793 g/mol. The van der Waals surface area contributed by atoms with Gasteiger partial charge in [0.25, 0.3) is 5.56 Å². The molecule has 0 unspecified atom stereocenters. The van der Waals surface area contributed by atoms with Gasteiger partial charge in [0.15, 0.2) is 15.1 Å². The first-order valence-electron chi connectivity index (χ1n) is 16.0. The first kappa shape index (κ1) is 36.1. The van der Waals surface area contributed by atoms with E-state index in [1.807, 2.05) is 30.3 Å². The number of hydrogen-bond donors (Lipinski definition) is 0. The van der Waals surface area contributed by atoms with Gasteiger partial charge < -0.3 is 13.9 Å². The quantitative estimate of drug-likeness (QED) is 0.107. The van der Waals surface area contributed by atoms with Crippen LogP contribution >= 0.6 is 39.0 Å². The van der Waals surface area contributed by atoms with Gasteiger partial charge in [0, 0.05) is 27.2 Å². The number of thiazole rings is 1. The number of fused-ring (bicyclic) bond motifs is 1. The van der Waals surface area contributed by atoms with Crippen LogP contribution in [0, 0.1) is 0 Å². The molecule has 0 radical (unpaired) electrons. The van der Waals surface area contributed by atoms with Crippen molar-refractivity contribution >= 4 is 56.8 Å². The zero-order valence-electron chi connectivity index (χ0n) is 27.8. The van der Waals surface area contributed by atoms with Crippen molar-refractivity contribution in [3.05, 3.63) is 149 Å². The fraction of sp³-hybridized carbons (Fsp3) is 0.132. The number of carbonyl (C=O) groups excluding carboxylic acids is 1. The van der Waals surface area contributed by atoms with E-state index in [4.69, 9.17) is 18.9 Å². The lowest BCUT2D eigenvalue weighted by Gasteiger charge is -2.27. The summed E-state index contributed by atoms with van der Waals surface area (Å²) in [5, 5.41) is 0.0388. The molecule has 1 atom stereocenters. The van der Waals surface area contributed by atoms with Crippen molar-refractivity contribution in [1.29, 1.82) is 0 Å². The molecule has 0 fully saturated rings. The summed E-state index contributed by atoms with van der Waals surface area (Å²) in [6.07, 6.45) is -3.18. The average Bonchev–Trinajstić information content (AvgIpc) is 3.73. The van der Waals surface area contributed by atoms with Gasteiger partial charge in [-0.1, -0.05) is 87.9 Å². The van der Waals surface area contributed by atoms with Gasteiger partial charge in [-0.3, -0.25) is 9.36 Å². The first-order chi connectivity index (χ1) is 25.5. The van der Waals surface area contributed by atoms with Crippen molar-refractivity contribution in [3.8, 4) is 17.0 Å². The van der Waals surface area contributed by atoms with Gasteiger partial charge in [-0.05, 0) is 55.1 Å². The molecule has 9 nitrogen and oxygen atoms in total. The molecule has 0 aliphatic carbocycles. The normalized spacial score (nSPS) is 14.5. The molecule has 7 rings (SSSR count). The van der Waals surface area contributed by atoms with Crippen molar-refractivity contribution in [2.45, 2.75) is 29.4 Å². The van der Waals surface area contributed by atoms with E-state index in [9.17, 15) is 22.8 Å². The van der Waals surface area contributed by atoms with Gasteiger partial charge in [0.05, 0.1) is 35.2 Å². The zero-order chi connectivity index (χ0) is 37.3. The van der Waals surface area contributed by atoms with Crippen molar-refractivity contribution < 1.29 is 31.9 Å². The Morgan fingerprint density at radius 1 is 1.00 bits per heavy atom. The third-order valence-electron chi connectivity index (χ3n) is 7.99. The smallest absolute Gasteiger partial charge is 0.433 e. The number of benzene rings is 3. The summed E-state index contributed by atoms with van der Waals surface area (Å²) >= 11 is 5.43. The maximum atomic E-state index is 14.3. The van der Waals surface area contributed by atoms with E-state index in [2.05, 4.69) is 25.9 Å². The highest BCUT2D eigenvalue weighted by atomic mass is 79.9. The number of carbonyl (C=O) groups is 1. The molecule has 3 aromatic carbocycles. The molecule has 0 saturated heterocycles. The summed E-state index contributed by atoms with van der Waals surface area (Å²) in [7, 11) is 1.50. The number of methoxy groups -OCH3 is 1. The number of aromatic nitrogens is 3. The second-order valence-corrected chi connectivity index (χ2v) is 14.3. The number of ether oxygens (including phenoxy) is 2. The minimum atomic E-state index is -4.70. The molecule has 0 bridgehead atoms. The van der Waals surface area contributed by atoms with Crippen LogP contribution in [0.3, 0.4) is 0 Å². The zero-order valence-corrected chi connectivity index (χ0v) is 31.0. The van der Waals surface area contributed by atoms with E-state index in [1.165, 1.54) is 17.8 Å². The summed E-state index contributed by atoms with van der Waals surface area (Å²) in [6, 6.07) is 26.0. The highest BCUT2D eigenvalue weighted by Crippen LogP contribution is 2.40. The Labute approximate surface area is 316 Å². The van der Waals surface area contributed by atoms with Crippen LogP contribution < -0.4 is 19.6 Å². The monoisotopic (exact) mass is 818 g/mol. The van der Waals surface area contributed by atoms with Crippen LogP contribution in [-0.4, -0.2) is 34.2 Å². The van der Waals surface area contributed by atoms with Crippen molar-refractivity contribution in [1.82, 2.24) is 14.5 Å². The van der Waals surface area contributed by atoms with Crippen LogP contribution in [0.4, 0.5) is 13.2 Å². The molecule has 1 aliphatic heterocycles. The number of hydrogen-bond acceptors (Lipinski definition) is 10. The molecule has 1 aliphatic rings. The van der Waals surface area contributed by atoms with Gasteiger partial charge in [0.1, 0.15) is 23.2 Å². The Hall–Kier alpha value is -5.25. The summed E-state index contributed by atoms with van der Waals surface area (Å²) in [5.74, 6) is 0.0395. The number of esters is 1. The maximum absolute atomic E-state index is 14.3. The van der Waals surface area contributed by atoms with Gasteiger partial charge in [-0.25, -0.2) is 19.8 Å². The topological polar surface area (TPSA) is 109 Å². The Kier molecular flexibility index (Phi) is 10.2. The lowest BCUT2D eigenvalue weighted by Crippen LogP contribution is -2.40. The molecule has 0 amide bonds. The lowest BCUT2D eigenvalue weighted by molar-refractivity contribution is -0.141. The van der Waals surface area contributed by atoms with E-state index in [0.717, 1.165) is 29.2 Å². The third-order valence-corrected chi connectivity index (χ3v) is 10.3. The minimum absolute atomic E-state index is 0.0924. The second kappa shape index (κ2) is 15.0. The summed E-state index contributed by atoms with van der Waals surface area (Å²) in [4.78, 5) is 41.4. The highest BCUT2D eigenvalue weighted by molar-refractivity contribution is 9.10. The summed E-state index contributed by atoms with van der Waals surface area (Å²) < 4.78 is 61.0. The van der Waals surface area contributed by atoms with Crippen LogP contribution in [0.25, 0.3) is 23.0 Å². The van der Waals surface area contributed by atoms with Crippen LogP contribution in [0.2, 0.25) is 0 Å². The third kappa shape index (κ3) is 7.50. The van der Waals surface area contributed by atoms with Crippen LogP contribution in [0.15, 0.2) is 132 Å². The van der Waals surface area contributed by atoms with Crippen molar-refractivity contribution in [2.75, 3.05) is 13.7 Å². The molecule has 0 saturated carbocycles. The predicted octanol–water partition coefficient (Wildman–Crippen LogP) is 7.93. The van der Waals surface area contributed by atoms with E-state index >= 15 is 0 Å². The molecule has 0 N–H and O–H groups in total. The second-order valence-electron chi connectivity index (χ2n) is 11.4. The van der Waals surface area contributed by atoms with Gasteiger partial charge in [-0.2, -0.15) is 13.2 Å². The predicted molar refractivity (Wildman–Crippen MR) is 197 cm³/mol. The molecule has 6 aromatic rings. The van der Waals surface area contributed by atoms with E-state index in [1.54, 1.807) is 67.6 Å². The fourth-order valence-corrected chi connectivity index (χ4v) is 7.81. The first-order valence-corrected chi connectivity index (χ1v) is 18.4. The van der Waals surface area contributed by atoms with E-state index < -0.39 is 29.4 Å². The number of furan rings is 1. The van der Waals surface area contributed by atoms with E-state index in [-0.39, 0.29) is 38.4 Å². The summed E-state index contributed by atoms with van der Waals surface area (Å²) in [5.41, 5.74) is 0.720. The molecule has 4 heterocycles. The molecule has 3 aromatic heterocycles. The molecular formula is C38H26BrF3N4O5S2. The average molecular weight is 820 g/mol. The molecule has 0 spiro atoms. The van der Waals surface area contributed by atoms with Gasteiger partial charge >= 0.3 is 12.1 Å². The Morgan fingerprint density at radius 2 is 1.72 bits per heavy atom.